The number of piperidine rings is 1. The molecule has 2 fully saturated rings. The molecule has 2 rings (SSSR count). The van der Waals surface area contributed by atoms with Crippen LogP contribution >= 0.6 is 0 Å². The third-order valence-electron chi connectivity index (χ3n) is 3.48. The lowest BCUT2D eigenvalue weighted by molar-refractivity contribution is 0.239. The molecule has 0 amide bonds. The van der Waals surface area contributed by atoms with E-state index in [0.29, 0.717) is 0 Å². The van der Waals surface area contributed by atoms with Crippen molar-refractivity contribution >= 4 is 0 Å². The Hall–Kier alpha value is -0.0400. The number of hydrogen-bond acceptors (Lipinski definition) is 1. The average Bonchev–Trinajstić information content (AvgIpc) is 2.69. The van der Waals surface area contributed by atoms with Gasteiger partial charge in [0.15, 0.2) is 0 Å². The van der Waals surface area contributed by atoms with Gasteiger partial charge < -0.3 is 5.32 Å². The molecule has 2 aliphatic rings. The molecule has 0 aromatic rings. The van der Waals surface area contributed by atoms with E-state index in [2.05, 4.69) is 19.2 Å². The van der Waals surface area contributed by atoms with Gasteiger partial charge in [0.2, 0.25) is 0 Å². The van der Waals surface area contributed by atoms with Crippen molar-refractivity contribution < 1.29 is 0 Å². The molecule has 1 saturated carbocycles. The normalized spacial score (nSPS) is 34.6. The summed E-state index contributed by atoms with van der Waals surface area (Å²) < 4.78 is 0. The Bertz CT molecular complexity index is 147. The van der Waals surface area contributed by atoms with Crippen LogP contribution in [0.15, 0.2) is 0 Å². The molecule has 0 unspecified atom stereocenters. The van der Waals surface area contributed by atoms with E-state index in [9.17, 15) is 0 Å². The lowest BCUT2D eigenvalue weighted by atomic mass is 9.85. The molecule has 1 saturated heterocycles. The van der Waals surface area contributed by atoms with Crippen molar-refractivity contribution in [3.63, 3.8) is 0 Å². The van der Waals surface area contributed by atoms with Crippen LogP contribution in [0.5, 0.6) is 0 Å². The van der Waals surface area contributed by atoms with Gasteiger partial charge in [-0.25, -0.2) is 0 Å². The monoisotopic (exact) mass is 153 g/mol. The van der Waals surface area contributed by atoms with Crippen molar-refractivity contribution in [3.05, 3.63) is 0 Å². The van der Waals surface area contributed by atoms with E-state index in [1.165, 1.54) is 32.2 Å². The molecular formula is C10H19N. The van der Waals surface area contributed by atoms with E-state index in [4.69, 9.17) is 0 Å². The first-order valence-electron chi connectivity index (χ1n) is 4.95. The summed E-state index contributed by atoms with van der Waals surface area (Å²) in [4.78, 5) is 0. The lowest BCUT2D eigenvalue weighted by Gasteiger charge is -2.32. The zero-order chi connectivity index (χ0) is 7.90. The van der Waals surface area contributed by atoms with E-state index in [0.717, 1.165) is 17.4 Å². The highest BCUT2D eigenvalue weighted by Gasteiger charge is 2.45. The van der Waals surface area contributed by atoms with Crippen LogP contribution in [0.25, 0.3) is 0 Å². The molecule has 0 bridgehead atoms. The van der Waals surface area contributed by atoms with E-state index < -0.39 is 0 Å². The Balaban J connectivity index is 1.93. The fourth-order valence-electron chi connectivity index (χ4n) is 2.27. The summed E-state index contributed by atoms with van der Waals surface area (Å²) in [5.74, 6) is 0.827. The highest BCUT2D eigenvalue weighted by molar-refractivity contribution is 4.99. The van der Waals surface area contributed by atoms with Crippen LogP contribution in [0.4, 0.5) is 0 Å². The van der Waals surface area contributed by atoms with Gasteiger partial charge in [-0.2, -0.15) is 0 Å². The number of hydrogen-bond donors (Lipinski definition) is 1. The van der Waals surface area contributed by atoms with E-state index in [1.54, 1.807) is 0 Å². The largest absolute Gasteiger partial charge is 0.314 e. The summed E-state index contributed by atoms with van der Waals surface area (Å²) in [5, 5.41) is 3.61. The van der Waals surface area contributed by atoms with Gasteiger partial charge in [-0.1, -0.05) is 13.8 Å². The first-order chi connectivity index (χ1) is 5.22. The molecule has 1 nitrogen and oxygen atoms in total. The van der Waals surface area contributed by atoms with Crippen molar-refractivity contribution in [1.29, 1.82) is 0 Å². The van der Waals surface area contributed by atoms with E-state index in [1.807, 2.05) is 0 Å². The molecule has 1 atom stereocenters. The molecule has 64 valence electrons. The molecular weight excluding hydrogens is 134 g/mol. The van der Waals surface area contributed by atoms with Crippen molar-refractivity contribution in [1.82, 2.24) is 5.32 Å². The smallest absolute Gasteiger partial charge is 0.00953 e. The maximum Gasteiger partial charge on any atom is 0.00953 e. The summed E-state index contributed by atoms with van der Waals surface area (Å²) in [6.07, 6.45) is 5.91. The second kappa shape index (κ2) is 2.48. The Morgan fingerprint density at radius 1 is 1.27 bits per heavy atom. The molecule has 1 aliphatic heterocycles. The summed E-state index contributed by atoms with van der Waals surface area (Å²) in [7, 11) is 0. The van der Waals surface area contributed by atoms with Crippen LogP contribution in [0.2, 0.25) is 0 Å². The molecule has 1 aliphatic carbocycles. The first kappa shape index (κ1) is 7.60. The third-order valence-corrected chi connectivity index (χ3v) is 3.48. The molecule has 11 heavy (non-hydrogen) atoms. The van der Waals surface area contributed by atoms with Gasteiger partial charge in [0.05, 0.1) is 0 Å². The third kappa shape index (κ3) is 1.44. The number of rotatable bonds is 1. The fraction of sp³-hybridized carbons (Fsp3) is 1.00. The van der Waals surface area contributed by atoms with Crippen LogP contribution in [0.3, 0.4) is 0 Å². The maximum atomic E-state index is 3.61. The SMILES string of the molecule is CC(C)[C@H]1CC2(CCN1)CC2. The average molecular weight is 153 g/mol. The second-order valence-electron chi connectivity index (χ2n) is 4.76. The zero-order valence-electron chi connectivity index (χ0n) is 7.69. The Morgan fingerprint density at radius 2 is 2.00 bits per heavy atom. The van der Waals surface area contributed by atoms with Crippen molar-refractivity contribution in [2.24, 2.45) is 11.3 Å². The van der Waals surface area contributed by atoms with Crippen LogP contribution in [0, 0.1) is 11.3 Å². The Labute approximate surface area is 69.6 Å². The Kier molecular flexibility index (Phi) is 1.71. The van der Waals surface area contributed by atoms with Gasteiger partial charge in [-0.3, -0.25) is 0 Å². The highest BCUT2D eigenvalue weighted by atomic mass is 14.9. The summed E-state index contributed by atoms with van der Waals surface area (Å²) in [6.45, 7) is 5.93. The summed E-state index contributed by atoms with van der Waals surface area (Å²) in [5.41, 5.74) is 0.820. The van der Waals surface area contributed by atoms with Gasteiger partial charge in [-0.05, 0) is 43.6 Å². The number of nitrogens with one attached hydrogen (secondary N) is 1. The van der Waals surface area contributed by atoms with Crippen molar-refractivity contribution in [2.45, 2.75) is 45.6 Å². The maximum absolute atomic E-state index is 3.61. The standard InChI is InChI=1S/C10H19N/c1-8(2)9-7-10(3-4-10)5-6-11-9/h8-9,11H,3-7H2,1-2H3/t9-/m1/s1. The van der Waals surface area contributed by atoms with Crippen LogP contribution in [-0.4, -0.2) is 12.6 Å². The minimum absolute atomic E-state index is 0.811. The predicted octanol–water partition coefficient (Wildman–Crippen LogP) is 2.17. The second-order valence-corrected chi connectivity index (χ2v) is 4.76. The van der Waals surface area contributed by atoms with Crippen LogP contribution in [-0.2, 0) is 0 Å². The molecule has 0 aromatic carbocycles. The first-order valence-corrected chi connectivity index (χ1v) is 4.95. The summed E-state index contributed by atoms with van der Waals surface area (Å²) in [6, 6.07) is 0.811. The van der Waals surface area contributed by atoms with Gasteiger partial charge in [0.25, 0.3) is 0 Å². The van der Waals surface area contributed by atoms with Crippen LogP contribution < -0.4 is 5.32 Å². The predicted molar refractivity (Wildman–Crippen MR) is 47.5 cm³/mol. The van der Waals surface area contributed by atoms with Crippen molar-refractivity contribution in [3.8, 4) is 0 Å². The quantitative estimate of drug-likeness (QED) is 0.609. The summed E-state index contributed by atoms with van der Waals surface area (Å²) >= 11 is 0. The fourth-order valence-corrected chi connectivity index (χ4v) is 2.27. The molecule has 1 N–H and O–H groups in total. The molecule has 1 heteroatoms. The minimum atomic E-state index is 0.811. The topological polar surface area (TPSA) is 12.0 Å². The van der Waals surface area contributed by atoms with Gasteiger partial charge >= 0.3 is 0 Å². The minimum Gasteiger partial charge on any atom is -0.314 e. The molecule has 0 aromatic heterocycles. The Morgan fingerprint density at radius 3 is 2.55 bits per heavy atom. The lowest BCUT2D eigenvalue weighted by Crippen LogP contribution is -2.42. The van der Waals surface area contributed by atoms with E-state index in [-0.39, 0.29) is 0 Å². The van der Waals surface area contributed by atoms with E-state index >= 15 is 0 Å². The van der Waals surface area contributed by atoms with Crippen molar-refractivity contribution in [2.75, 3.05) is 6.54 Å². The molecule has 0 radical (unpaired) electrons. The zero-order valence-corrected chi connectivity index (χ0v) is 7.69. The van der Waals surface area contributed by atoms with Crippen LogP contribution in [0.1, 0.15) is 39.5 Å². The molecule has 1 heterocycles. The van der Waals surface area contributed by atoms with Gasteiger partial charge in [-0.15, -0.1) is 0 Å². The van der Waals surface area contributed by atoms with Gasteiger partial charge in [0.1, 0.15) is 0 Å². The highest BCUT2D eigenvalue weighted by Crippen LogP contribution is 2.54. The van der Waals surface area contributed by atoms with Gasteiger partial charge in [0, 0.05) is 6.04 Å². The molecule has 1 spiro atoms.